The molecule has 70 valence electrons. The molecule has 1 heterocycles. The number of nitrogens with one attached hydrogen (secondary N) is 1. The van der Waals surface area contributed by atoms with Gasteiger partial charge in [0.1, 0.15) is 0 Å². The van der Waals surface area contributed by atoms with Gasteiger partial charge in [-0.25, -0.2) is 0 Å². The highest BCUT2D eigenvalue weighted by molar-refractivity contribution is 5.29. The van der Waals surface area contributed by atoms with Crippen LogP contribution in [-0.4, -0.2) is 6.54 Å². The van der Waals surface area contributed by atoms with Gasteiger partial charge in [0.2, 0.25) is 0 Å². The van der Waals surface area contributed by atoms with Gasteiger partial charge >= 0.3 is 0 Å². The van der Waals surface area contributed by atoms with Gasteiger partial charge in [0, 0.05) is 6.04 Å². The number of benzene rings is 1. The molecule has 0 aliphatic carbocycles. The molecule has 0 bridgehead atoms. The molecule has 0 saturated carbocycles. The fraction of sp³-hybridized carbons (Fsp3) is 0.500. The monoisotopic (exact) mass is 175 g/mol. The van der Waals surface area contributed by atoms with Gasteiger partial charge in [0.05, 0.1) is 0 Å². The van der Waals surface area contributed by atoms with Gasteiger partial charge < -0.3 is 5.32 Å². The van der Waals surface area contributed by atoms with E-state index in [9.17, 15) is 0 Å². The summed E-state index contributed by atoms with van der Waals surface area (Å²) >= 11 is 0. The Morgan fingerprint density at radius 1 is 1.31 bits per heavy atom. The van der Waals surface area contributed by atoms with E-state index in [2.05, 4.69) is 43.4 Å². The quantitative estimate of drug-likeness (QED) is 0.692. The fourth-order valence-electron chi connectivity index (χ4n) is 2.19. The first-order chi connectivity index (χ1) is 6.29. The van der Waals surface area contributed by atoms with Crippen LogP contribution < -0.4 is 5.32 Å². The topological polar surface area (TPSA) is 12.0 Å². The van der Waals surface area contributed by atoms with Crippen molar-refractivity contribution in [1.82, 2.24) is 5.32 Å². The Morgan fingerprint density at radius 2 is 2.08 bits per heavy atom. The van der Waals surface area contributed by atoms with Gasteiger partial charge in [0.25, 0.3) is 0 Å². The third-order valence-electron chi connectivity index (χ3n) is 3.06. The van der Waals surface area contributed by atoms with Crippen LogP contribution in [0.2, 0.25) is 0 Å². The summed E-state index contributed by atoms with van der Waals surface area (Å²) in [5.41, 5.74) is 2.89. The molecule has 1 aromatic carbocycles. The van der Waals surface area contributed by atoms with E-state index in [1.165, 1.54) is 24.1 Å². The van der Waals surface area contributed by atoms with Gasteiger partial charge in [-0.2, -0.15) is 0 Å². The normalized spacial score (nSPS) is 27.8. The maximum absolute atomic E-state index is 3.56. The van der Waals surface area contributed by atoms with E-state index in [1.807, 2.05) is 0 Å². The van der Waals surface area contributed by atoms with Crippen LogP contribution in [0.15, 0.2) is 24.3 Å². The number of aryl methyl sites for hydroxylation is 1. The van der Waals surface area contributed by atoms with Crippen LogP contribution in [0.25, 0.3) is 0 Å². The summed E-state index contributed by atoms with van der Waals surface area (Å²) in [4.78, 5) is 0. The summed E-state index contributed by atoms with van der Waals surface area (Å²) in [5.74, 6) is 0.779. The molecule has 13 heavy (non-hydrogen) atoms. The van der Waals surface area contributed by atoms with E-state index >= 15 is 0 Å². The van der Waals surface area contributed by atoms with Crippen LogP contribution in [0.4, 0.5) is 0 Å². The van der Waals surface area contributed by atoms with Crippen LogP contribution in [0.3, 0.4) is 0 Å². The van der Waals surface area contributed by atoms with Gasteiger partial charge in [-0.05, 0) is 36.9 Å². The largest absolute Gasteiger partial charge is 0.310 e. The summed E-state index contributed by atoms with van der Waals surface area (Å²) in [6, 6.07) is 9.27. The van der Waals surface area contributed by atoms with Crippen LogP contribution in [0.1, 0.15) is 30.5 Å². The summed E-state index contributed by atoms with van der Waals surface area (Å²) in [7, 11) is 0. The maximum Gasteiger partial charge on any atom is 0.0349 e. The molecule has 0 amide bonds. The SMILES string of the molecule is Cc1ccccc1[C@@H]1NCC[C@H]1C. The van der Waals surface area contributed by atoms with Crippen molar-refractivity contribution in [2.45, 2.75) is 26.3 Å². The minimum atomic E-state index is 0.584. The van der Waals surface area contributed by atoms with Gasteiger partial charge in [-0.15, -0.1) is 0 Å². The molecular weight excluding hydrogens is 158 g/mol. The van der Waals surface area contributed by atoms with Crippen molar-refractivity contribution in [2.24, 2.45) is 5.92 Å². The molecule has 1 N–H and O–H groups in total. The summed E-state index contributed by atoms with van der Waals surface area (Å²) in [6.45, 7) is 5.69. The molecule has 1 aliphatic heterocycles. The van der Waals surface area contributed by atoms with Crippen molar-refractivity contribution < 1.29 is 0 Å². The average Bonchev–Trinajstić information content (AvgIpc) is 2.52. The van der Waals surface area contributed by atoms with Crippen LogP contribution in [-0.2, 0) is 0 Å². The Hall–Kier alpha value is -0.820. The lowest BCUT2D eigenvalue weighted by atomic mass is 9.93. The first kappa shape index (κ1) is 8.76. The molecule has 1 aliphatic rings. The van der Waals surface area contributed by atoms with Gasteiger partial charge in [-0.3, -0.25) is 0 Å². The van der Waals surface area contributed by atoms with Crippen molar-refractivity contribution in [3.05, 3.63) is 35.4 Å². The average molecular weight is 175 g/mol. The molecule has 0 unspecified atom stereocenters. The molecule has 1 aromatic rings. The lowest BCUT2D eigenvalue weighted by molar-refractivity contribution is 0.501. The highest BCUT2D eigenvalue weighted by atomic mass is 14.9. The number of rotatable bonds is 1. The summed E-state index contributed by atoms with van der Waals surface area (Å²) in [6.07, 6.45) is 1.30. The molecule has 2 rings (SSSR count). The standard InChI is InChI=1S/C12H17N/c1-9-5-3-4-6-11(9)12-10(2)7-8-13-12/h3-6,10,12-13H,7-8H2,1-2H3/t10-,12-/m1/s1. The third-order valence-corrected chi connectivity index (χ3v) is 3.06. The molecule has 0 aromatic heterocycles. The van der Waals surface area contributed by atoms with Gasteiger partial charge in [0.15, 0.2) is 0 Å². The van der Waals surface area contributed by atoms with Crippen molar-refractivity contribution in [1.29, 1.82) is 0 Å². The first-order valence-corrected chi connectivity index (χ1v) is 5.08. The zero-order valence-electron chi connectivity index (χ0n) is 8.38. The predicted molar refractivity (Wildman–Crippen MR) is 55.7 cm³/mol. The van der Waals surface area contributed by atoms with Crippen molar-refractivity contribution in [2.75, 3.05) is 6.54 Å². The molecule has 1 heteroatoms. The Kier molecular flexibility index (Phi) is 2.36. The summed E-state index contributed by atoms with van der Waals surface area (Å²) in [5, 5.41) is 3.56. The van der Waals surface area contributed by atoms with Crippen molar-refractivity contribution in [3.63, 3.8) is 0 Å². The van der Waals surface area contributed by atoms with Gasteiger partial charge in [-0.1, -0.05) is 31.2 Å². The van der Waals surface area contributed by atoms with E-state index in [0.29, 0.717) is 6.04 Å². The van der Waals surface area contributed by atoms with Crippen molar-refractivity contribution in [3.8, 4) is 0 Å². The van der Waals surface area contributed by atoms with E-state index in [4.69, 9.17) is 0 Å². The second-order valence-corrected chi connectivity index (χ2v) is 4.05. The fourth-order valence-corrected chi connectivity index (χ4v) is 2.19. The third kappa shape index (κ3) is 1.61. The number of hydrogen-bond acceptors (Lipinski definition) is 1. The zero-order valence-corrected chi connectivity index (χ0v) is 8.38. The molecule has 1 saturated heterocycles. The van der Waals surface area contributed by atoms with E-state index in [-0.39, 0.29) is 0 Å². The van der Waals surface area contributed by atoms with Crippen LogP contribution in [0, 0.1) is 12.8 Å². The van der Waals surface area contributed by atoms with E-state index in [0.717, 1.165) is 5.92 Å². The Balaban J connectivity index is 2.29. The molecule has 1 nitrogen and oxygen atoms in total. The molecule has 0 radical (unpaired) electrons. The Labute approximate surface area is 80.2 Å². The lowest BCUT2D eigenvalue weighted by Crippen LogP contribution is -2.17. The molecular formula is C12H17N. The second-order valence-electron chi connectivity index (χ2n) is 4.05. The van der Waals surface area contributed by atoms with E-state index in [1.54, 1.807) is 0 Å². The lowest BCUT2D eigenvalue weighted by Gasteiger charge is -2.18. The maximum atomic E-state index is 3.56. The minimum absolute atomic E-state index is 0.584. The Morgan fingerprint density at radius 3 is 2.69 bits per heavy atom. The van der Waals surface area contributed by atoms with Crippen molar-refractivity contribution >= 4 is 0 Å². The number of hydrogen-bond donors (Lipinski definition) is 1. The Bertz CT molecular complexity index is 293. The molecule has 1 fully saturated rings. The molecule has 0 spiro atoms. The van der Waals surface area contributed by atoms with Crippen LogP contribution in [0.5, 0.6) is 0 Å². The first-order valence-electron chi connectivity index (χ1n) is 5.08. The second kappa shape index (κ2) is 3.51. The van der Waals surface area contributed by atoms with E-state index < -0.39 is 0 Å². The highest BCUT2D eigenvalue weighted by Gasteiger charge is 2.24. The summed E-state index contributed by atoms with van der Waals surface area (Å²) < 4.78 is 0. The zero-order chi connectivity index (χ0) is 9.26. The van der Waals surface area contributed by atoms with Crippen LogP contribution >= 0.6 is 0 Å². The minimum Gasteiger partial charge on any atom is -0.310 e. The highest BCUT2D eigenvalue weighted by Crippen LogP contribution is 2.30. The molecule has 2 atom stereocenters. The smallest absolute Gasteiger partial charge is 0.0349 e. The predicted octanol–water partition coefficient (Wildman–Crippen LogP) is 2.67.